The summed E-state index contributed by atoms with van der Waals surface area (Å²) in [7, 11) is 0. The van der Waals surface area contributed by atoms with Gasteiger partial charge in [-0.25, -0.2) is 9.97 Å². The van der Waals surface area contributed by atoms with E-state index >= 15 is 0 Å². The number of aromatic nitrogens is 2. The normalized spacial score (nSPS) is 18.0. The van der Waals surface area contributed by atoms with Gasteiger partial charge < -0.3 is 0 Å². The van der Waals surface area contributed by atoms with Crippen LogP contribution >= 0.6 is 23.2 Å². The zero-order valence-electron chi connectivity index (χ0n) is 8.42. The molecular weight excluding hydrogens is 233 g/mol. The second kappa shape index (κ2) is 5.10. The predicted octanol–water partition coefficient (Wildman–Crippen LogP) is 2.77. The Morgan fingerprint density at radius 3 is 2.60 bits per heavy atom. The first-order valence-electron chi connectivity index (χ1n) is 5.15. The summed E-state index contributed by atoms with van der Waals surface area (Å²) in [5.74, 6) is 0. The molecule has 0 spiro atoms. The van der Waals surface area contributed by atoms with Crippen LogP contribution in [-0.2, 0) is 6.54 Å². The number of rotatable bonds is 2. The summed E-state index contributed by atoms with van der Waals surface area (Å²) in [5, 5.41) is 0.683. The molecule has 1 aromatic rings. The molecule has 15 heavy (non-hydrogen) atoms. The fraction of sp³-hybridized carbons (Fsp3) is 0.600. The van der Waals surface area contributed by atoms with Crippen LogP contribution in [0.5, 0.6) is 0 Å². The lowest BCUT2D eigenvalue weighted by Gasteiger charge is -2.26. The molecule has 2 heterocycles. The fourth-order valence-corrected chi connectivity index (χ4v) is 2.20. The first-order valence-corrected chi connectivity index (χ1v) is 5.90. The lowest BCUT2D eigenvalue weighted by atomic mass is 10.1. The van der Waals surface area contributed by atoms with Gasteiger partial charge in [0.05, 0.1) is 0 Å². The first-order chi connectivity index (χ1) is 7.25. The summed E-state index contributed by atoms with van der Waals surface area (Å²) in [6.45, 7) is 3.11. The van der Waals surface area contributed by atoms with E-state index in [-0.39, 0.29) is 5.28 Å². The van der Waals surface area contributed by atoms with Gasteiger partial charge in [-0.2, -0.15) is 0 Å². The maximum absolute atomic E-state index is 5.99. The third-order valence-electron chi connectivity index (χ3n) is 2.62. The lowest BCUT2D eigenvalue weighted by molar-refractivity contribution is 0.220. The van der Waals surface area contributed by atoms with E-state index in [9.17, 15) is 0 Å². The highest BCUT2D eigenvalue weighted by molar-refractivity contribution is 6.32. The van der Waals surface area contributed by atoms with E-state index < -0.39 is 0 Å². The van der Waals surface area contributed by atoms with E-state index in [1.165, 1.54) is 19.3 Å². The van der Waals surface area contributed by atoms with Crippen molar-refractivity contribution in [1.82, 2.24) is 14.9 Å². The lowest BCUT2D eigenvalue weighted by Crippen LogP contribution is -2.29. The number of nitrogens with zero attached hydrogens (tertiary/aromatic N) is 3. The van der Waals surface area contributed by atoms with Gasteiger partial charge >= 0.3 is 0 Å². The van der Waals surface area contributed by atoms with Crippen LogP contribution in [0, 0.1) is 0 Å². The van der Waals surface area contributed by atoms with Gasteiger partial charge in [-0.05, 0) is 37.5 Å². The average molecular weight is 246 g/mol. The number of piperidine rings is 1. The fourth-order valence-electron chi connectivity index (χ4n) is 1.83. The summed E-state index contributed by atoms with van der Waals surface area (Å²) in [5.41, 5.74) is 0.961. The number of hydrogen-bond donors (Lipinski definition) is 0. The van der Waals surface area contributed by atoms with Crippen LogP contribution in [0.3, 0.4) is 0 Å². The van der Waals surface area contributed by atoms with E-state index in [1.807, 2.05) is 0 Å². The Morgan fingerprint density at radius 2 is 1.93 bits per heavy atom. The molecule has 3 nitrogen and oxygen atoms in total. The Balaban J connectivity index is 2.03. The Bertz CT molecular complexity index is 337. The Morgan fingerprint density at radius 1 is 1.20 bits per heavy atom. The van der Waals surface area contributed by atoms with Crippen LogP contribution < -0.4 is 0 Å². The predicted molar refractivity (Wildman–Crippen MR) is 61.2 cm³/mol. The van der Waals surface area contributed by atoms with Crippen molar-refractivity contribution in [3.05, 3.63) is 22.2 Å². The van der Waals surface area contributed by atoms with Gasteiger partial charge in [0.25, 0.3) is 0 Å². The topological polar surface area (TPSA) is 29.0 Å². The highest BCUT2D eigenvalue weighted by atomic mass is 35.5. The molecule has 82 valence electrons. The molecule has 0 aliphatic carbocycles. The maximum atomic E-state index is 5.99. The van der Waals surface area contributed by atoms with Gasteiger partial charge in [-0.15, -0.1) is 0 Å². The minimum atomic E-state index is 0.211. The van der Waals surface area contributed by atoms with Crippen molar-refractivity contribution in [2.24, 2.45) is 0 Å². The van der Waals surface area contributed by atoms with E-state index in [4.69, 9.17) is 23.2 Å². The largest absolute Gasteiger partial charge is 0.299 e. The van der Waals surface area contributed by atoms with Gasteiger partial charge in [0, 0.05) is 18.3 Å². The third kappa shape index (κ3) is 3.03. The monoisotopic (exact) mass is 245 g/mol. The van der Waals surface area contributed by atoms with Crippen molar-refractivity contribution in [2.75, 3.05) is 13.1 Å². The smallest absolute Gasteiger partial charge is 0.223 e. The average Bonchev–Trinajstić information content (AvgIpc) is 2.24. The molecular formula is C10H13Cl2N3. The summed E-state index contributed by atoms with van der Waals surface area (Å²) in [6, 6.07) is 0. The molecule has 0 radical (unpaired) electrons. The molecule has 1 aromatic heterocycles. The van der Waals surface area contributed by atoms with E-state index in [2.05, 4.69) is 14.9 Å². The molecule has 0 aromatic carbocycles. The van der Waals surface area contributed by atoms with Crippen molar-refractivity contribution in [3.63, 3.8) is 0 Å². The maximum Gasteiger partial charge on any atom is 0.223 e. The van der Waals surface area contributed by atoms with Gasteiger partial charge in [0.2, 0.25) is 5.28 Å². The number of likely N-dealkylation sites (tertiary alicyclic amines) is 1. The van der Waals surface area contributed by atoms with Crippen LogP contribution in [-0.4, -0.2) is 28.0 Å². The van der Waals surface area contributed by atoms with Gasteiger partial charge in [-0.1, -0.05) is 18.0 Å². The molecule has 2 rings (SSSR count). The summed E-state index contributed by atoms with van der Waals surface area (Å²) >= 11 is 11.6. The second-order valence-electron chi connectivity index (χ2n) is 3.79. The molecule has 0 N–H and O–H groups in total. The molecule has 0 saturated carbocycles. The van der Waals surface area contributed by atoms with Crippen molar-refractivity contribution >= 4 is 23.2 Å². The highest BCUT2D eigenvalue weighted by Crippen LogP contribution is 2.18. The summed E-state index contributed by atoms with van der Waals surface area (Å²) in [6.07, 6.45) is 5.59. The van der Waals surface area contributed by atoms with E-state index in [1.54, 1.807) is 6.20 Å². The zero-order chi connectivity index (χ0) is 10.7. The molecule has 0 atom stereocenters. The number of hydrogen-bond acceptors (Lipinski definition) is 3. The van der Waals surface area contributed by atoms with E-state index in [0.29, 0.717) is 5.15 Å². The van der Waals surface area contributed by atoms with Crippen LogP contribution in [0.25, 0.3) is 0 Å². The molecule has 5 heteroatoms. The van der Waals surface area contributed by atoms with E-state index in [0.717, 1.165) is 25.2 Å². The van der Waals surface area contributed by atoms with Crippen LogP contribution in [0.4, 0.5) is 0 Å². The van der Waals surface area contributed by atoms with Crippen molar-refractivity contribution < 1.29 is 0 Å². The first kappa shape index (κ1) is 11.1. The molecule has 1 saturated heterocycles. The quantitative estimate of drug-likeness (QED) is 0.593. The minimum Gasteiger partial charge on any atom is -0.299 e. The van der Waals surface area contributed by atoms with Crippen molar-refractivity contribution in [3.8, 4) is 0 Å². The molecule has 0 bridgehead atoms. The Labute approximate surface area is 99.4 Å². The SMILES string of the molecule is Clc1ncc(CN2CCCCC2)c(Cl)n1. The molecule has 1 aliphatic heterocycles. The third-order valence-corrected chi connectivity index (χ3v) is 3.13. The van der Waals surface area contributed by atoms with Crippen molar-refractivity contribution in [2.45, 2.75) is 25.8 Å². The minimum absolute atomic E-state index is 0.211. The van der Waals surface area contributed by atoms with Gasteiger partial charge in [0.15, 0.2) is 0 Å². The van der Waals surface area contributed by atoms with Gasteiger partial charge in [0.1, 0.15) is 5.15 Å². The standard InChI is InChI=1S/C10H13Cl2N3/c11-9-8(6-13-10(12)14-9)7-15-4-2-1-3-5-15/h6H,1-5,7H2. The zero-order valence-corrected chi connectivity index (χ0v) is 9.93. The summed E-state index contributed by atoms with van der Waals surface area (Å²) < 4.78 is 0. The molecule has 1 fully saturated rings. The van der Waals surface area contributed by atoms with Gasteiger partial charge in [-0.3, -0.25) is 4.90 Å². The Hall–Kier alpha value is -0.380. The van der Waals surface area contributed by atoms with Crippen LogP contribution in [0.15, 0.2) is 6.20 Å². The molecule has 0 unspecified atom stereocenters. The van der Waals surface area contributed by atoms with Crippen molar-refractivity contribution in [1.29, 1.82) is 0 Å². The Kier molecular flexibility index (Phi) is 3.78. The molecule has 1 aliphatic rings. The summed E-state index contributed by atoms with van der Waals surface area (Å²) in [4.78, 5) is 10.3. The molecule has 0 amide bonds. The highest BCUT2D eigenvalue weighted by Gasteiger charge is 2.13. The van der Waals surface area contributed by atoms with Crippen LogP contribution in [0.2, 0.25) is 10.4 Å². The van der Waals surface area contributed by atoms with Crippen LogP contribution in [0.1, 0.15) is 24.8 Å². The number of halogens is 2. The second-order valence-corrected chi connectivity index (χ2v) is 4.49.